The fraction of sp³-hybridized carbons (Fsp3) is 0.588. The van der Waals surface area contributed by atoms with E-state index >= 15 is 0 Å². The summed E-state index contributed by atoms with van der Waals surface area (Å²) in [7, 11) is 0. The van der Waals surface area contributed by atoms with Crippen molar-refractivity contribution in [2.45, 2.75) is 39.0 Å². The summed E-state index contributed by atoms with van der Waals surface area (Å²) in [4.78, 5) is 13.9. The van der Waals surface area contributed by atoms with E-state index in [1.165, 1.54) is 24.9 Å². The van der Waals surface area contributed by atoms with Crippen LogP contribution >= 0.6 is 0 Å². The number of piperidine rings is 1. The molecule has 0 atom stereocenters. The summed E-state index contributed by atoms with van der Waals surface area (Å²) in [5.74, 6) is -0.191. The molecule has 0 unspecified atom stereocenters. The van der Waals surface area contributed by atoms with Gasteiger partial charge in [0.1, 0.15) is 6.54 Å². The molecule has 4 nitrogen and oxygen atoms in total. The summed E-state index contributed by atoms with van der Waals surface area (Å²) in [5, 5.41) is 3.11. The summed E-state index contributed by atoms with van der Waals surface area (Å²) in [6.07, 6.45) is 5.87. The third-order valence-corrected chi connectivity index (χ3v) is 3.79. The molecule has 1 saturated heterocycles. The minimum Gasteiger partial charge on any atom is -0.464 e. The smallest absolute Gasteiger partial charge is 0.325 e. The molecule has 0 aromatic heterocycles. The third kappa shape index (κ3) is 5.29. The van der Waals surface area contributed by atoms with Crippen LogP contribution in [-0.2, 0) is 9.53 Å². The van der Waals surface area contributed by atoms with Crippen LogP contribution in [0.1, 0.15) is 39.0 Å². The van der Waals surface area contributed by atoms with Crippen molar-refractivity contribution in [3.63, 3.8) is 0 Å². The number of rotatable bonds is 7. The Morgan fingerprint density at radius 3 is 2.57 bits per heavy atom. The highest BCUT2D eigenvalue weighted by molar-refractivity contribution is 5.75. The highest BCUT2D eigenvalue weighted by Gasteiger charge is 2.10. The van der Waals surface area contributed by atoms with E-state index in [1.54, 1.807) is 0 Å². The number of nitrogens with zero attached hydrogens (tertiary/aromatic N) is 1. The van der Waals surface area contributed by atoms with Gasteiger partial charge < -0.3 is 15.0 Å². The van der Waals surface area contributed by atoms with Gasteiger partial charge in [0.15, 0.2) is 0 Å². The third-order valence-electron chi connectivity index (χ3n) is 3.79. The number of hydrogen-bond donors (Lipinski definition) is 1. The lowest BCUT2D eigenvalue weighted by atomic mass is 10.1. The standard InChI is InChI=1S/C17H26N2O2/c1-2-3-13-21-17(20)14-18-15-7-9-16(10-8-15)19-11-5-4-6-12-19/h7-10,18H,2-6,11-14H2,1H3. The number of unbranched alkanes of at least 4 members (excludes halogenated alkanes) is 1. The van der Waals surface area contributed by atoms with Crippen molar-refractivity contribution in [1.82, 2.24) is 0 Å². The molecule has 1 fully saturated rings. The van der Waals surface area contributed by atoms with Crippen molar-refractivity contribution in [1.29, 1.82) is 0 Å². The number of carbonyl (C=O) groups excluding carboxylic acids is 1. The summed E-state index contributed by atoms with van der Waals surface area (Å²) >= 11 is 0. The van der Waals surface area contributed by atoms with Gasteiger partial charge in [-0.2, -0.15) is 0 Å². The molecule has 0 bridgehead atoms. The fourth-order valence-corrected chi connectivity index (χ4v) is 2.50. The maximum absolute atomic E-state index is 11.5. The molecule has 1 aromatic carbocycles. The molecule has 116 valence electrons. The Morgan fingerprint density at radius 2 is 1.90 bits per heavy atom. The van der Waals surface area contributed by atoms with Gasteiger partial charge in [-0.1, -0.05) is 13.3 Å². The van der Waals surface area contributed by atoms with E-state index in [0.29, 0.717) is 6.61 Å². The van der Waals surface area contributed by atoms with Crippen LogP contribution in [0.2, 0.25) is 0 Å². The second-order valence-corrected chi connectivity index (χ2v) is 5.52. The lowest BCUT2D eigenvalue weighted by Crippen LogP contribution is -2.29. The number of benzene rings is 1. The zero-order valence-electron chi connectivity index (χ0n) is 12.9. The molecule has 1 aliphatic heterocycles. The van der Waals surface area contributed by atoms with E-state index in [0.717, 1.165) is 31.6 Å². The molecular weight excluding hydrogens is 264 g/mol. The first-order valence-corrected chi connectivity index (χ1v) is 8.04. The first-order chi connectivity index (χ1) is 10.3. The Morgan fingerprint density at radius 1 is 1.19 bits per heavy atom. The van der Waals surface area contributed by atoms with Gasteiger partial charge in [-0.05, 0) is 49.9 Å². The van der Waals surface area contributed by atoms with Gasteiger partial charge in [-0.3, -0.25) is 4.79 Å². The number of nitrogens with one attached hydrogen (secondary N) is 1. The van der Waals surface area contributed by atoms with Crippen molar-refractivity contribution < 1.29 is 9.53 Å². The zero-order chi connectivity index (χ0) is 14.9. The Labute approximate surface area is 127 Å². The molecule has 1 heterocycles. The van der Waals surface area contributed by atoms with Gasteiger partial charge in [0, 0.05) is 24.5 Å². The van der Waals surface area contributed by atoms with Crippen LogP contribution in [0.15, 0.2) is 24.3 Å². The molecule has 0 amide bonds. The minimum atomic E-state index is -0.191. The quantitative estimate of drug-likeness (QED) is 0.617. The van der Waals surface area contributed by atoms with Gasteiger partial charge in [0.25, 0.3) is 0 Å². The van der Waals surface area contributed by atoms with Crippen molar-refractivity contribution in [3.8, 4) is 0 Å². The molecule has 21 heavy (non-hydrogen) atoms. The predicted molar refractivity (Wildman–Crippen MR) is 86.9 cm³/mol. The highest BCUT2D eigenvalue weighted by atomic mass is 16.5. The average Bonchev–Trinajstić information content (AvgIpc) is 2.54. The average molecular weight is 290 g/mol. The van der Waals surface area contributed by atoms with E-state index in [-0.39, 0.29) is 12.5 Å². The van der Waals surface area contributed by atoms with Crippen LogP contribution in [0, 0.1) is 0 Å². The molecule has 0 radical (unpaired) electrons. The highest BCUT2D eigenvalue weighted by Crippen LogP contribution is 2.21. The zero-order valence-corrected chi connectivity index (χ0v) is 12.9. The molecule has 0 aliphatic carbocycles. The van der Waals surface area contributed by atoms with Gasteiger partial charge in [-0.15, -0.1) is 0 Å². The van der Waals surface area contributed by atoms with Gasteiger partial charge in [0.05, 0.1) is 6.61 Å². The van der Waals surface area contributed by atoms with Gasteiger partial charge in [0.2, 0.25) is 0 Å². The van der Waals surface area contributed by atoms with Crippen LogP contribution in [0.5, 0.6) is 0 Å². The Balaban J connectivity index is 1.75. The monoisotopic (exact) mass is 290 g/mol. The van der Waals surface area contributed by atoms with E-state index < -0.39 is 0 Å². The second kappa shape index (κ2) is 8.55. The number of anilines is 2. The first kappa shape index (κ1) is 15.7. The van der Waals surface area contributed by atoms with Crippen LogP contribution in [0.4, 0.5) is 11.4 Å². The number of carbonyl (C=O) groups is 1. The van der Waals surface area contributed by atoms with Crippen LogP contribution < -0.4 is 10.2 Å². The SMILES string of the molecule is CCCCOC(=O)CNc1ccc(N2CCCCC2)cc1. The maximum atomic E-state index is 11.5. The van der Waals surface area contributed by atoms with Crippen molar-refractivity contribution in [3.05, 3.63) is 24.3 Å². The molecule has 0 saturated carbocycles. The topological polar surface area (TPSA) is 41.6 Å². The van der Waals surface area contributed by atoms with Crippen LogP contribution in [0.3, 0.4) is 0 Å². The summed E-state index contributed by atoms with van der Waals surface area (Å²) in [5.41, 5.74) is 2.23. The van der Waals surface area contributed by atoms with Gasteiger partial charge in [-0.25, -0.2) is 0 Å². The Kier molecular flexibility index (Phi) is 6.38. The summed E-state index contributed by atoms with van der Waals surface area (Å²) in [6.45, 7) is 5.13. The lowest BCUT2D eigenvalue weighted by molar-refractivity contribution is -0.141. The Bertz CT molecular complexity index is 425. The van der Waals surface area contributed by atoms with E-state index in [4.69, 9.17) is 4.74 Å². The first-order valence-electron chi connectivity index (χ1n) is 8.04. The van der Waals surface area contributed by atoms with E-state index in [1.807, 2.05) is 12.1 Å². The van der Waals surface area contributed by atoms with Crippen molar-refractivity contribution in [2.75, 3.05) is 36.5 Å². The van der Waals surface area contributed by atoms with Crippen LogP contribution in [0.25, 0.3) is 0 Å². The summed E-state index contributed by atoms with van der Waals surface area (Å²) < 4.78 is 5.11. The van der Waals surface area contributed by atoms with Crippen molar-refractivity contribution in [2.24, 2.45) is 0 Å². The maximum Gasteiger partial charge on any atom is 0.325 e. The predicted octanol–water partition coefficient (Wildman–Crippen LogP) is 3.43. The number of ether oxygens (including phenoxy) is 1. The molecule has 0 spiro atoms. The summed E-state index contributed by atoms with van der Waals surface area (Å²) in [6, 6.07) is 8.30. The molecule has 1 aromatic rings. The number of esters is 1. The fourth-order valence-electron chi connectivity index (χ4n) is 2.50. The molecule has 4 heteroatoms. The van der Waals surface area contributed by atoms with Crippen LogP contribution in [-0.4, -0.2) is 32.2 Å². The largest absolute Gasteiger partial charge is 0.464 e. The minimum absolute atomic E-state index is 0.191. The lowest BCUT2D eigenvalue weighted by Gasteiger charge is -2.28. The van der Waals surface area contributed by atoms with Gasteiger partial charge >= 0.3 is 5.97 Å². The molecule has 1 N–H and O–H groups in total. The normalized spacial score (nSPS) is 14.8. The Hall–Kier alpha value is -1.71. The van der Waals surface area contributed by atoms with Crippen molar-refractivity contribution >= 4 is 17.3 Å². The number of hydrogen-bond acceptors (Lipinski definition) is 4. The molecule has 2 rings (SSSR count). The molecular formula is C17H26N2O2. The van der Waals surface area contributed by atoms with E-state index in [9.17, 15) is 4.79 Å². The second-order valence-electron chi connectivity index (χ2n) is 5.52. The van der Waals surface area contributed by atoms with E-state index in [2.05, 4.69) is 29.3 Å². The molecule has 1 aliphatic rings.